The molecular weight excluding hydrogens is 344 g/mol. The molecule has 0 fully saturated rings. The fraction of sp³-hybridized carbons (Fsp3) is 0.143. The molecule has 0 amide bonds. The van der Waals surface area contributed by atoms with Gasteiger partial charge < -0.3 is 0 Å². The van der Waals surface area contributed by atoms with Crippen LogP contribution in [0.2, 0.25) is 0 Å². The van der Waals surface area contributed by atoms with Crippen molar-refractivity contribution < 1.29 is 0 Å². The Morgan fingerprint density at radius 1 is 0.840 bits per heavy atom. The lowest BCUT2D eigenvalue weighted by Gasteiger charge is -2.17. The molecule has 0 aliphatic heterocycles. The Hall–Kier alpha value is -2.17. The number of hydrogen-bond donors (Lipinski definition) is 0. The molecule has 0 saturated carbocycles. The number of thioether (sulfide) groups is 1. The van der Waals surface area contributed by atoms with Gasteiger partial charge in [-0.25, -0.2) is 9.97 Å². The van der Waals surface area contributed by atoms with E-state index in [4.69, 9.17) is 0 Å². The van der Waals surface area contributed by atoms with Crippen molar-refractivity contribution in [1.82, 2.24) is 9.97 Å². The molecule has 2 nitrogen and oxygen atoms in total. The van der Waals surface area contributed by atoms with Gasteiger partial charge in [-0.2, -0.15) is 0 Å². The molecule has 0 aliphatic carbocycles. The van der Waals surface area contributed by atoms with Gasteiger partial charge in [-0.1, -0.05) is 72.4 Å². The van der Waals surface area contributed by atoms with Crippen molar-refractivity contribution in [3.8, 4) is 0 Å². The SMILES string of the molecule is Cc1sc2ncnc(SC(c3ccccc3)c3ccccc3)c2c1C. The van der Waals surface area contributed by atoms with Crippen molar-refractivity contribution >= 4 is 33.3 Å². The Bertz CT molecular complexity index is 955. The Morgan fingerprint density at radius 2 is 1.44 bits per heavy atom. The van der Waals surface area contributed by atoms with Crippen LogP contribution >= 0.6 is 23.1 Å². The van der Waals surface area contributed by atoms with E-state index in [9.17, 15) is 0 Å². The van der Waals surface area contributed by atoms with Gasteiger partial charge in [0.05, 0.1) is 5.25 Å². The van der Waals surface area contributed by atoms with Crippen molar-refractivity contribution in [2.45, 2.75) is 24.1 Å². The minimum Gasteiger partial charge on any atom is -0.229 e. The van der Waals surface area contributed by atoms with Crippen LogP contribution in [0.15, 0.2) is 72.0 Å². The van der Waals surface area contributed by atoms with Crippen LogP contribution < -0.4 is 0 Å². The summed E-state index contributed by atoms with van der Waals surface area (Å²) >= 11 is 3.55. The molecule has 4 rings (SSSR count). The molecule has 2 aromatic heterocycles. The van der Waals surface area contributed by atoms with Crippen LogP contribution in [0.4, 0.5) is 0 Å². The molecule has 0 N–H and O–H groups in total. The second-order valence-electron chi connectivity index (χ2n) is 5.96. The predicted molar refractivity (Wildman–Crippen MR) is 107 cm³/mol. The van der Waals surface area contributed by atoms with E-state index >= 15 is 0 Å². The molecular formula is C21H18N2S2. The second kappa shape index (κ2) is 6.98. The number of aromatic nitrogens is 2. The maximum atomic E-state index is 4.63. The van der Waals surface area contributed by atoms with E-state index in [-0.39, 0.29) is 5.25 Å². The van der Waals surface area contributed by atoms with Gasteiger partial charge >= 0.3 is 0 Å². The van der Waals surface area contributed by atoms with Gasteiger partial charge in [0.25, 0.3) is 0 Å². The zero-order valence-corrected chi connectivity index (χ0v) is 15.8. The number of aryl methyl sites for hydroxylation is 2. The van der Waals surface area contributed by atoms with Crippen LogP contribution in [-0.2, 0) is 0 Å². The van der Waals surface area contributed by atoms with Gasteiger partial charge in [0.15, 0.2) is 0 Å². The summed E-state index contributed by atoms with van der Waals surface area (Å²) in [5.74, 6) is 0. The summed E-state index contributed by atoms with van der Waals surface area (Å²) < 4.78 is 0. The van der Waals surface area contributed by atoms with Gasteiger partial charge in [0.2, 0.25) is 0 Å². The minimum atomic E-state index is 0.208. The van der Waals surface area contributed by atoms with E-state index < -0.39 is 0 Å². The van der Waals surface area contributed by atoms with Crippen LogP contribution in [-0.4, -0.2) is 9.97 Å². The van der Waals surface area contributed by atoms with Crippen LogP contribution in [0.5, 0.6) is 0 Å². The number of thiophene rings is 1. The van der Waals surface area contributed by atoms with Crippen LogP contribution in [0.1, 0.15) is 26.8 Å². The molecule has 0 unspecified atom stereocenters. The molecule has 2 aromatic carbocycles. The first-order chi connectivity index (χ1) is 12.2. The van der Waals surface area contributed by atoms with Crippen LogP contribution in [0.25, 0.3) is 10.2 Å². The summed E-state index contributed by atoms with van der Waals surface area (Å²) in [5, 5.41) is 2.47. The standard InChI is InChI=1S/C21H18N2S2/c1-14-15(2)24-20-18(14)21(23-13-22-20)25-19(16-9-5-3-6-10-16)17-11-7-4-8-12-17/h3-13,19H,1-2H3. The van der Waals surface area contributed by atoms with E-state index in [1.165, 1.54) is 27.0 Å². The predicted octanol–water partition coefficient (Wildman–Crippen LogP) is 6.19. The quantitative estimate of drug-likeness (QED) is 0.320. The normalized spacial score (nSPS) is 11.3. The summed E-state index contributed by atoms with van der Waals surface area (Å²) in [6.45, 7) is 4.32. The van der Waals surface area contributed by atoms with Crippen LogP contribution in [0, 0.1) is 13.8 Å². The Labute approximate surface area is 156 Å². The van der Waals surface area contributed by atoms with Gasteiger partial charge in [0, 0.05) is 10.3 Å². The smallest absolute Gasteiger partial charge is 0.128 e. The highest BCUT2D eigenvalue weighted by molar-refractivity contribution is 7.99. The molecule has 25 heavy (non-hydrogen) atoms. The minimum absolute atomic E-state index is 0.208. The third kappa shape index (κ3) is 3.20. The lowest BCUT2D eigenvalue weighted by molar-refractivity contribution is 1.08. The van der Waals surface area contributed by atoms with Gasteiger partial charge in [-0.15, -0.1) is 11.3 Å². The molecule has 4 heteroatoms. The number of nitrogens with zero attached hydrogens (tertiary/aromatic N) is 2. The highest BCUT2D eigenvalue weighted by atomic mass is 32.2. The van der Waals surface area contributed by atoms with Crippen molar-refractivity contribution in [3.63, 3.8) is 0 Å². The van der Waals surface area contributed by atoms with Crippen molar-refractivity contribution in [2.75, 3.05) is 0 Å². The summed E-state index contributed by atoms with van der Waals surface area (Å²) in [6.07, 6.45) is 1.69. The average molecular weight is 363 g/mol. The summed E-state index contributed by atoms with van der Waals surface area (Å²) in [6, 6.07) is 21.3. The molecule has 4 aromatic rings. The van der Waals surface area contributed by atoms with Gasteiger partial charge in [-0.05, 0) is 30.5 Å². The molecule has 0 aliphatic rings. The highest BCUT2D eigenvalue weighted by Crippen LogP contribution is 2.43. The van der Waals surface area contributed by atoms with Crippen molar-refractivity contribution in [3.05, 3.63) is 88.6 Å². The number of fused-ring (bicyclic) bond motifs is 1. The van der Waals surface area contributed by atoms with E-state index in [2.05, 4.69) is 84.5 Å². The molecule has 0 bridgehead atoms. The summed E-state index contributed by atoms with van der Waals surface area (Å²) in [4.78, 5) is 11.5. The zero-order chi connectivity index (χ0) is 17.2. The molecule has 2 heterocycles. The number of rotatable bonds is 4. The highest BCUT2D eigenvalue weighted by Gasteiger charge is 2.20. The lowest BCUT2D eigenvalue weighted by Crippen LogP contribution is -1.98. The fourth-order valence-electron chi connectivity index (χ4n) is 2.94. The topological polar surface area (TPSA) is 25.8 Å². The van der Waals surface area contributed by atoms with Crippen molar-refractivity contribution in [1.29, 1.82) is 0 Å². The Kier molecular flexibility index (Phi) is 4.55. The number of hydrogen-bond acceptors (Lipinski definition) is 4. The van der Waals surface area contributed by atoms with E-state index in [0.717, 1.165) is 9.86 Å². The van der Waals surface area contributed by atoms with Gasteiger partial charge in [-0.3, -0.25) is 0 Å². The summed E-state index contributed by atoms with van der Waals surface area (Å²) in [5.41, 5.74) is 3.87. The largest absolute Gasteiger partial charge is 0.229 e. The molecule has 0 radical (unpaired) electrons. The number of benzene rings is 2. The summed E-state index contributed by atoms with van der Waals surface area (Å²) in [7, 11) is 0. The third-order valence-electron chi connectivity index (χ3n) is 4.36. The maximum Gasteiger partial charge on any atom is 0.128 e. The van der Waals surface area contributed by atoms with E-state index in [1.54, 1.807) is 17.7 Å². The molecule has 0 saturated heterocycles. The maximum absolute atomic E-state index is 4.63. The first-order valence-electron chi connectivity index (χ1n) is 8.21. The van der Waals surface area contributed by atoms with E-state index in [1.807, 2.05) is 11.8 Å². The average Bonchev–Trinajstić information content (AvgIpc) is 2.96. The first-order valence-corrected chi connectivity index (χ1v) is 9.91. The monoisotopic (exact) mass is 362 g/mol. The molecule has 124 valence electrons. The molecule has 0 atom stereocenters. The van der Waals surface area contributed by atoms with E-state index in [0.29, 0.717) is 0 Å². The molecule has 0 spiro atoms. The first kappa shape index (κ1) is 16.3. The third-order valence-corrected chi connectivity index (χ3v) is 6.79. The fourth-order valence-corrected chi connectivity index (χ4v) is 5.28. The second-order valence-corrected chi connectivity index (χ2v) is 8.26. The lowest BCUT2D eigenvalue weighted by atomic mass is 10.0. The van der Waals surface area contributed by atoms with Gasteiger partial charge in [0.1, 0.15) is 16.2 Å². The zero-order valence-electron chi connectivity index (χ0n) is 14.1. The Morgan fingerprint density at radius 3 is 2.04 bits per heavy atom. The van der Waals surface area contributed by atoms with Crippen LogP contribution in [0.3, 0.4) is 0 Å². The van der Waals surface area contributed by atoms with Crippen molar-refractivity contribution in [2.24, 2.45) is 0 Å². The Balaban J connectivity index is 1.83.